The largest absolute Gasteiger partial charge is 0.394 e. The SMILES string of the molecule is CSc1nc(CNC(=O)[C@H](CC2CCCC2)CN(O)C=O)c(F)c(N2CCOC[C@@H]2CO)n1. The maximum Gasteiger partial charge on any atom is 0.233 e. The molecule has 3 N–H and O–H groups in total. The van der Waals surface area contributed by atoms with Crippen LogP contribution in [0.3, 0.4) is 0 Å². The third kappa shape index (κ3) is 6.75. The van der Waals surface area contributed by atoms with Crippen molar-refractivity contribution in [2.45, 2.75) is 49.8 Å². The lowest BCUT2D eigenvalue weighted by atomic mass is 9.92. The number of rotatable bonds is 11. The van der Waals surface area contributed by atoms with Crippen LogP contribution in [0.4, 0.5) is 10.2 Å². The summed E-state index contributed by atoms with van der Waals surface area (Å²) < 4.78 is 20.8. The summed E-state index contributed by atoms with van der Waals surface area (Å²) in [6.07, 6.45) is 6.85. The number of hydrogen-bond donors (Lipinski definition) is 3. The number of carbonyl (C=O) groups is 2. The van der Waals surface area contributed by atoms with E-state index < -0.39 is 17.8 Å². The van der Waals surface area contributed by atoms with Gasteiger partial charge in [-0.05, 0) is 18.6 Å². The predicted molar refractivity (Wildman–Crippen MR) is 119 cm³/mol. The first kappa shape index (κ1) is 25.6. The van der Waals surface area contributed by atoms with Gasteiger partial charge in [-0.3, -0.25) is 14.8 Å². The van der Waals surface area contributed by atoms with E-state index in [1.807, 2.05) is 0 Å². The van der Waals surface area contributed by atoms with Crippen LogP contribution in [0.1, 0.15) is 37.8 Å². The number of aliphatic hydroxyl groups excluding tert-OH is 1. The van der Waals surface area contributed by atoms with Gasteiger partial charge in [0.1, 0.15) is 5.69 Å². The molecule has 0 radical (unpaired) electrons. The number of morpholine rings is 1. The number of carbonyl (C=O) groups excluding carboxylic acids is 2. The number of ether oxygens (including phenoxy) is 1. The Balaban J connectivity index is 1.75. The highest BCUT2D eigenvalue weighted by Crippen LogP contribution is 2.31. The third-order valence-corrected chi connectivity index (χ3v) is 6.75. The molecule has 12 heteroatoms. The molecule has 0 spiro atoms. The molecule has 0 aromatic carbocycles. The van der Waals surface area contributed by atoms with E-state index in [0.29, 0.717) is 35.7 Å². The van der Waals surface area contributed by atoms with Crippen molar-refractivity contribution in [3.63, 3.8) is 0 Å². The molecule has 2 amide bonds. The van der Waals surface area contributed by atoms with Crippen LogP contribution >= 0.6 is 11.8 Å². The molecule has 3 rings (SSSR count). The van der Waals surface area contributed by atoms with Gasteiger partial charge in [-0.1, -0.05) is 37.4 Å². The van der Waals surface area contributed by atoms with Gasteiger partial charge in [-0.2, -0.15) is 0 Å². The number of aromatic nitrogens is 2. The van der Waals surface area contributed by atoms with Crippen LogP contribution in [-0.4, -0.2) is 82.9 Å². The molecule has 2 heterocycles. The maximum absolute atomic E-state index is 15.4. The standard InChI is InChI=1S/C21H32FN5O5S/c1-33-21-24-17(18(22)19(25-21)27-6-7-32-12-16(27)11-28)9-23-20(30)15(10-26(31)13-29)8-14-4-2-3-5-14/h13-16,28,31H,2-12H2,1H3,(H,23,30)/t15-,16+/m1/s1. The van der Waals surface area contributed by atoms with Crippen LogP contribution in [0.5, 0.6) is 0 Å². The van der Waals surface area contributed by atoms with Crippen LogP contribution in [0, 0.1) is 17.7 Å². The average molecular weight is 486 g/mol. The van der Waals surface area contributed by atoms with E-state index in [-0.39, 0.29) is 50.1 Å². The fourth-order valence-corrected chi connectivity index (χ4v) is 4.82. The molecule has 2 aliphatic rings. The molecule has 1 aromatic heterocycles. The molecule has 1 aliphatic heterocycles. The molecule has 184 valence electrons. The molecule has 2 atom stereocenters. The summed E-state index contributed by atoms with van der Waals surface area (Å²) in [5, 5.41) is 22.9. The van der Waals surface area contributed by atoms with Gasteiger partial charge >= 0.3 is 0 Å². The monoisotopic (exact) mass is 485 g/mol. The summed E-state index contributed by atoms with van der Waals surface area (Å²) in [5.41, 5.74) is 0.0386. The Kier molecular flexibility index (Phi) is 9.65. The molecule has 10 nitrogen and oxygen atoms in total. The van der Waals surface area contributed by atoms with Crippen molar-refractivity contribution in [3.05, 3.63) is 11.5 Å². The summed E-state index contributed by atoms with van der Waals surface area (Å²) in [7, 11) is 0. The van der Waals surface area contributed by atoms with Gasteiger partial charge in [0.2, 0.25) is 12.3 Å². The molecule has 1 saturated heterocycles. The van der Waals surface area contributed by atoms with Crippen molar-refractivity contribution in [1.82, 2.24) is 20.3 Å². The first-order chi connectivity index (χ1) is 16.0. The van der Waals surface area contributed by atoms with Crippen molar-refractivity contribution in [1.29, 1.82) is 0 Å². The van der Waals surface area contributed by atoms with Gasteiger partial charge in [0.05, 0.1) is 44.9 Å². The highest BCUT2D eigenvalue weighted by molar-refractivity contribution is 7.98. The third-order valence-electron chi connectivity index (χ3n) is 6.20. The quantitative estimate of drug-likeness (QED) is 0.139. The first-order valence-electron chi connectivity index (χ1n) is 11.2. The second-order valence-electron chi connectivity index (χ2n) is 8.43. The van der Waals surface area contributed by atoms with Crippen molar-refractivity contribution in [2.75, 3.05) is 44.1 Å². The van der Waals surface area contributed by atoms with E-state index in [9.17, 15) is 19.9 Å². The van der Waals surface area contributed by atoms with E-state index in [0.717, 1.165) is 25.7 Å². The lowest BCUT2D eigenvalue weighted by Gasteiger charge is -2.35. The van der Waals surface area contributed by atoms with Crippen molar-refractivity contribution >= 4 is 29.9 Å². The summed E-state index contributed by atoms with van der Waals surface area (Å²) in [6, 6.07) is -0.421. The zero-order valence-corrected chi connectivity index (χ0v) is 19.6. The molecule has 0 bridgehead atoms. The van der Waals surface area contributed by atoms with Crippen molar-refractivity contribution in [3.8, 4) is 0 Å². The Labute approximate surface area is 196 Å². The molecule has 0 unspecified atom stereocenters. The number of thioether (sulfide) groups is 1. The number of aliphatic hydroxyl groups is 1. The van der Waals surface area contributed by atoms with Crippen LogP contribution in [0.2, 0.25) is 0 Å². The minimum Gasteiger partial charge on any atom is -0.394 e. The van der Waals surface area contributed by atoms with Crippen molar-refractivity contribution < 1.29 is 29.0 Å². The number of anilines is 1. The van der Waals surface area contributed by atoms with Gasteiger partial charge < -0.3 is 20.1 Å². The number of amides is 2. The van der Waals surface area contributed by atoms with Gasteiger partial charge in [-0.25, -0.2) is 19.4 Å². The molecule has 1 aliphatic carbocycles. The minimum atomic E-state index is -0.655. The van der Waals surface area contributed by atoms with E-state index >= 15 is 4.39 Å². The molecule has 33 heavy (non-hydrogen) atoms. The van der Waals surface area contributed by atoms with Crippen LogP contribution in [-0.2, 0) is 20.9 Å². The number of halogens is 1. The molecular weight excluding hydrogens is 453 g/mol. The lowest BCUT2D eigenvalue weighted by Crippen LogP contribution is -2.48. The number of hydrogen-bond acceptors (Lipinski definition) is 9. The summed E-state index contributed by atoms with van der Waals surface area (Å²) in [5.74, 6) is -1.19. The Bertz CT molecular complexity index is 813. The zero-order chi connectivity index (χ0) is 23.8. The normalized spacial score (nSPS) is 20.0. The highest BCUT2D eigenvalue weighted by atomic mass is 32.2. The molecule has 2 fully saturated rings. The van der Waals surface area contributed by atoms with Crippen LogP contribution in [0.25, 0.3) is 0 Å². The topological polar surface area (TPSA) is 128 Å². The number of hydroxylamine groups is 2. The fraction of sp³-hybridized carbons (Fsp3) is 0.714. The first-order valence-corrected chi connectivity index (χ1v) is 12.4. The van der Waals surface area contributed by atoms with Gasteiger partial charge in [0, 0.05) is 6.54 Å². The number of nitrogens with zero attached hydrogens (tertiary/aromatic N) is 4. The van der Waals surface area contributed by atoms with E-state index in [2.05, 4.69) is 15.3 Å². The zero-order valence-electron chi connectivity index (χ0n) is 18.8. The molecular formula is C21H32FN5O5S. The smallest absolute Gasteiger partial charge is 0.233 e. The summed E-state index contributed by atoms with van der Waals surface area (Å²) in [4.78, 5) is 34.0. The average Bonchev–Trinajstić information content (AvgIpc) is 3.35. The van der Waals surface area contributed by atoms with Crippen molar-refractivity contribution in [2.24, 2.45) is 11.8 Å². The maximum atomic E-state index is 15.4. The summed E-state index contributed by atoms with van der Waals surface area (Å²) >= 11 is 1.25. The van der Waals surface area contributed by atoms with Gasteiger partial charge in [0.15, 0.2) is 16.8 Å². The Morgan fingerprint density at radius 2 is 2.18 bits per heavy atom. The minimum absolute atomic E-state index is 0.0386. The summed E-state index contributed by atoms with van der Waals surface area (Å²) in [6.45, 7) is 0.540. The molecule has 1 saturated carbocycles. The lowest BCUT2D eigenvalue weighted by molar-refractivity contribution is -0.155. The Morgan fingerprint density at radius 3 is 2.85 bits per heavy atom. The molecule has 1 aromatic rings. The van der Waals surface area contributed by atoms with Gasteiger partial charge in [0.25, 0.3) is 0 Å². The van der Waals surface area contributed by atoms with Gasteiger partial charge in [-0.15, -0.1) is 0 Å². The Hall–Kier alpha value is -2.02. The second-order valence-corrected chi connectivity index (χ2v) is 9.20. The fourth-order valence-electron chi connectivity index (χ4n) is 4.44. The second kappa shape index (κ2) is 12.4. The highest BCUT2D eigenvalue weighted by Gasteiger charge is 2.30. The van der Waals surface area contributed by atoms with Crippen LogP contribution in [0.15, 0.2) is 5.16 Å². The van der Waals surface area contributed by atoms with E-state index in [4.69, 9.17) is 4.74 Å². The van der Waals surface area contributed by atoms with E-state index in [1.54, 1.807) is 11.2 Å². The number of nitrogens with one attached hydrogen (secondary N) is 1. The predicted octanol–water partition coefficient (Wildman–Crippen LogP) is 1.20. The Morgan fingerprint density at radius 1 is 1.42 bits per heavy atom. The van der Waals surface area contributed by atoms with E-state index in [1.165, 1.54) is 11.8 Å². The van der Waals surface area contributed by atoms with Crippen LogP contribution < -0.4 is 10.2 Å².